The minimum absolute atomic E-state index is 0.0697. The number of H-pyrrole nitrogens is 1. The standard InChI is InChI=1S/C17H17F6N3O/c18-16(19,20)10-7-13(17(21,22)23)12-9-11(25-14(12)8-10)1-2-15(27)26-5-3-24-4-6-26/h7-9,24-25H,1-6H2. The van der Waals surface area contributed by atoms with Crippen molar-refractivity contribution in [3.63, 3.8) is 0 Å². The number of halogens is 6. The molecule has 10 heteroatoms. The monoisotopic (exact) mass is 393 g/mol. The van der Waals surface area contributed by atoms with E-state index in [-0.39, 0.29) is 35.7 Å². The molecule has 27 heavy (non-hydrogen) atoms. The summed E-state index contributed by atoms with van der Waals surface area (Å²) in [6.07, 6.45) is -9.62. The summed E-state index contributed by atoms with van der Waals surface area (Å²) < 4.78 is 78.4. The van der Waals surface area contributed by atoms with Crippen molar-refractivity contribution < 1.29 is 31.1 Å². The summed E-state index contributed by atoms with van der Waals surface area (Å²) in [6.45, 7) is 2.46. The Morgan fingerprint density at radius 3 is 2.26 bits per heavy atom. The zero-order valence-electron chi connectivity index (χ0n) is 14.1. The highest BCUT2D eigenvalue weighted by molar-refractivity contribution is 5.86. The van der Waals surface area contributed by atoms with Crippen LogP contribution in [0, 0.1) is 0 Å². The minimum Gasteiger partial charge on any atom is -0.358 e. The molecule has 1 aromatic carbocycles. The number of piperazine rings is 1. The van der Waals surface area contributed by atoms with Gasteiger partial charge < -0.3 is 15.2 Å². The van der Waals surface area contributed by atoms with Crippen LogP contribution in [0.2, 0.25) is 0 Å². The molecule has 1 aromatic heterocycles. The van der Waals surface area contributed by atoms with Crippen LogP contribution in [0.3, 0.4) is 0 Å². The van der Waals surface area contributed by atoms with Crippen LogP contribution in [-0.2, 0) is 23.6 Å². The highest BCUT2D eigenvalue weighted by Crippen LogP contribution is 2.40. The summed E-state index contributed by atoms with van der Waals surface area (Å²) in [5.41, 5.74) is -2.67. The largest absolute Gasteiger partial charge is 0.417 e. The van der Waals surface area contributed by atoms with Gasteiger partial charge in [0.25, 0.3) is 0 Å². The number of aromatic amines is 1. The number of fused-ring (bicyclic) bond motifs is 1. The zero-order chi connectivity index (χ0) is 19.8. The van der Waals surface area contributed by atoms with Crippen molar-refractivity contribution in [3.05, 3.63) is 35.0 Å². The molecule has 1 fully saturated rings. The Morgan fingerprint density at radius 2 is 1.67 bits per heavy atom. The lowest BCUT2D eigenvalue weighted by molar-refractivity contribution is -0.142. The molecule has 1 aliphatic rings. The fourth-order valence-corrected chi connectivity index (χ4v) is 3.14. The second-order valence-electron chi connectivity index (χ2n) is 6.41. The predicted molar refractivity (Wildman–Crippen MR) is 86.1 cm³/mol. The van der Waals surface area contributed by atoms with E-state index in [0.717, 1.165) is 0 Å². The van der Waals surface area contributed by atoms with Gasteiger partial charge >= 0.3 is 12.4 Å². The van der Waals surface area contributed by atoms with Crippen LogP contribution in [0.25, 0.3) is 10.9 Å². The number of hydrogen-bond acceptors (Lipinski definition) is 2. The Morgan fingerprint density at radius 1 is 1.00 bits per heavy atom. The van der Waals surface area contributed by atoms with Gasteiger partial charge in [0.15, 0.2) is 0 Å². The maximum atomic E-state index is 13.2. The van der Waals surface area contributed by atoms with E-state index < -0.39 is 23.5 Å². The van der Waals surface area contributed by atoms with Gasteiger partial charge in [-0.1, -0.05) is 0 Å². The number of nitrogens with one attached hydrogen (secondary N) is 2. The molecule has 1 saturated heterocycles. The number of aromatic nitrogens is 1. The second-order valence-corrected chi connectivity index (χ2v) is 6.41. The maximum Gasteiger partial charge on any atom is 0.417 e. The molecular formula is C17H17F6N3O. The predicted octanol–water partition coefficient (Wildman–Crippen LogP) is 3.57. The number of hydrogen-bond donors (Lipinski definition) is 2. The molecule has 1 aliphatic heterocycles. The quantitative estimate of drug-likeness (QED) is 0.784. The van der Waals surface area contributed by atoms with Crippen molar-refractivity contribution in [2.24, 2.45) is 0 Å². The third kappa shape index (κ3) is 4.37. The van der Waals surface area contributed by atoms with Gasteiger partial charge in [-0.2, -0.15) is 26.3 Å². The summed E-state index contributed by atoms with van der Waals surface area (Å²) in [5, 5.41) is 2.77. The van der Waals surface area contributed by atoms with E-state index in [1.54, 1.807) is 4.90 Å². The van der Waals surface area contributed by atoms with E-state index in [9.17, 15) is 31.1 Å². The lowest BCUT2D eigenvalue weighted by atomic mass is 10.0. The Labute approximate surface area is 150 Å². The van der Waals surface area contributed by atoms with E-state index in [4.69, 9.17) is 0 Å². The number of amides is 1. The van der Waals surface area contributed by atoms with Crippen molar-refractivity contribution in [2.45, 2.75) is 25.2 Å². The Hall–Kier alpha value is -2.23. The van der Waals surface area contributed by atoms with Gasteiger partial charge in [0.2, 0.25) is 5.91 Å². The SMILES string of the molecule is O=C(CCc1cc2c(C(F)(F)F)cc(C(F)(F)F)cc2[nH]1)N1CCNCC1. The molecule has 0 atom stereocenters. The van der Waals surface area contributed by atoms with Crippen LogP contribution < -0.4 is 5.32 Å². The average Bonchev–Trinajstić information content (AvgIpc) is 3.00. The van der Waals surface area contributed by atoms with Gasteiger partial charge in [-0.15, -0.1) is 0 Å². The first-order valence-electron chi connectivity index (χ1n) is 8.34. The van der Waals surface area contributed by atoms with E-state index in [1.165, 1.54) is 6.07 Å². The highest BCUT2D eigenvalue weighted by Gasteiger charge is 2.38. The molecule has 0 unspecified atom stereocenters. The first-order chi connectivity index (χ1) is 12.6. The van der Waals surface area contributed by atoms with Crippen LogP contribution in [0.1, 0.15) is 23.2 Å². The summed E-state index contributed by atoms with van der Waals surface area (Å²) in [6, 6.07) is 1.95. The zero-order valence-corrected chi connectivity index (χ0v) is 14.1. The van der Waals surface area contributed by atoms with Crippen molar-refractivity contribution in [3.8, 4) is 0 Å². The highest BCUT2D eigenvalue weighted by atomic mass is 19.4. The number of rotatable bonds is 3. The number of aryl methyl sites for hydroxylation is 1. The van der Waals surface area contributed by atoms with Crippen LogP contribution in [0.15, 0.2) is 18.2 Å². The van der Waals surface area contributed by atoms with Gasteiger partial charge in [-0.25, -0.2) is 0 Å². The van der Waals surface area contributed by atoms with Crippen LogP contribution in [0.5, 0.6) is 0 Å². The summed E-state index contributed by atoms with van der Waals surface area (Å²) in [4.78, 5) is 16.4. The number of carbonyl (C=O) groups is 1. The molecule has 0 bridgehead atoms. The van der Waals surface area contributed by atoms with Gasteiger partial charge in [0.05, 0.1) is 11.1 Å². The van der Waals surface area contributed by atoms with Crippen molar-refractivity contribution >= 4 is 16.8 Å². The van der Waals surface area contributed by atoms with E-state index in [0.29, 0.717) is 37.9 Å². The fourth-order valence-electron chi connectivity index (χ4n) is 3.14. The first-order valence-corrected chi connectivity index (χ1v) is 8.34. The van der Waals surface area contributed by atoms with Gasteiger partial charge in [-0.3, -0.25) is 4.79 Å². The third-order valence-electron chi connectivity index (χ3n) is 4.50. The van der Waals surface area contributed by atoms with Gasteiger partial charge in [-0.05, 0) is 24.6 Å². The molecule has 4 nitrogen and oxygen atoms in total. The van der Waals surface area contributed by atoms with Crippen molar-refractivity contribution in [1.82, 2.24) is 15.2 Å². The van der Waals surface area contributed by atoms with E-state index >= 15 is 0 Å². The molecule has 2 aromatic rings. The molecular weight excluding hydrogens is 376 g/mol. The second kappa shape index (κ2) is 7.06. The van der Waals surface area contributed by atoms with Crippen molar-refractivity contribution in [1.29, 1.82) is 0 Å². The topological polar surface area (TPSA) is 48.1 Å². The molecule has 0 aliphatic carbocycles. The van der Waals surface area contributed by atoms with Crippen LogP contribution in [-0.4, -0.2) is 42.0 Å². The lowest BCUT2D eigenvalue weighted by Gasteiger charge is -2.27. The summed E-state index contributed by atoms with van der Waals surface area (Å²) in [7, 11) is 0. The molecule has 0 spiro atoms. The smallest absolute Gasteiger partial charge is 0.358 e. The van der Waals surface area contributed by atoms with Crippen LogP contribution >= 0.6 is 0 Å². The summed E-state index contributed by atoms with van der Waals surface area (Å²) in [5.74, 6) is -0.137. The molecule has 0 radical (unpaired) electrons. The van der Waals surface area contributed by atoms with Crippen molar-refractivity contribution in [2.75, 3.05) is 26.2 Å². The molecule has 148 valence electrons. The summed E-state index contributed by atoms with van der Waals surface area (Å²) >= 11 is 0. The molecule has 0 saturated carbocycles. The maximum absolute atomic E-state index is 13.2. The Kier molecular flexibility index (Phi) is 5.11. The molecule has 3 rings (SSSR count). The number of carbonyl (C=O) groups excluding carboxylic acids is 1. The van der Waals surface area contributed by atoms with E-state index in [1.807, 2.05) is 0 Å². The molecule has 1 amide bonds. The third-order valence-corrected chi connectivity index (χ3v) is 4.50. The molecule has 2 N–H and O–H groups in total. The van der Waals surface area contributed by atoms with Gasteiger partial charge in [0.1, 0.15) is 0 Å². The number of benzene rings is 1. The fraction of sp³-hybridized carbons (Fsp3) is 0.471. The first kappa shape index (κ1) is 19.5. The van der Waals surface area contributed by atoms with E-state index in [2.05, 4.69) is 10.3 Å². The average molecular weight is 393 g/mol. The molecule has 2 heterocycles. The van der Waals surface area contributed by atoms with Gasteiger partial charge in [0, 0.05) is 49.2 Å². The Balaban J connectivity index is 1.86. The number of alkyl halides is 6. The normalized spacial score (nSPS) is 16.1. The number of nitrogens with zero attached hydrogens (tertiary/aromatic N) is 1. The minimum atomic E-state index is -4.92. The Bertz CT molecular complexity index is 834. The van der Waals surface area contributed by atoms with Crippen LogP contribution in [0.4, 0.5) is 26.3 Å². The lowest BCUT2D eigenvalue weighted by Crippen LogP contribution is -2.46.